The van der Waals surface area contributed by atoms with E-state index in [9.17, 15) is 9.18 Å². The maximum atomic E-state index is 13.0. The number of amides is 1. The van der Waals surface area contributed by atoms with Crippen LogP contribution in [0.4, 0.5) is 15.8 Å². The normalized spacial score (nSPS) is 11.9. The van der Waals surface area contributed by atoms with Gasteiger partial charge in [-0.05, 0) is 41.8 Å². The van der Waals surface area contributed by atoms with E-state index in [-0.39, 0.29) is 17.6 Å². The maximum absolute atomic E-state index is 13.0. The number of nitrogens with two attached hydrogens (primary N) is 1. The summed E-state index contributed by atoms with van der Waals surface area (Å²) in [6.07, 6.45) is 0.334. The van der Waals surface area contributed by atoms with Gasteiger partial charge in [0.15, 0.2) is 0 Å². The predicted octanol–water partition coefficient (Wildman–Crippen LogP) is 3.54. The Labute approximate surface area is 117 Å². The molecule has 3 nitrogen and oxygen atoms in total. The fourth-order valence-electron chi connectivity index (χ4n) is 2.00. The van der Waals surface area contributed by atoms with Gasteiger partial charge in [-0.3, -0.25) is 4.79 Å². The van der Waals surface area contributed by atoms with Gasteiger partial charge in [-0.1, -0.05) is 25.1 Å². The quantitative estimate of drug-likeness (QED) is 0.836. The first-order valence-corrected chi connectivity index (χ1v) is 6.45. The highest BCUT2D eigenvalue weighted by atomic mass is 19.1. The average Bonchev–Trinajstić information content (AvgIpc) is 2.39. The lowest BCUT2D eigenvalue weighted by molar-refractivity contribution is -0.116. The van der Waals surface area contributed by atoms with Gasteiger partial charge in [-0.2, -0.15) is 0 Å². The van der Waals surface area contributed by atoms with Crippen molar-refractivity contribution in [2.45, 2.75) is 19.3 Å². The summed E-state index contributed by atoms with van der Waals surface area (Å²) >= 11 is 0. The van der Waals surface area contributed by atoms with Crippen LogP contribution in [0.5, 0.6) is 0 Å². The van der Waals surface area contributed by atoms with Gasteiger partial charge >= 0.3 is 0 Å². The second-order valence-electron chi connectivity index (χ2n) is 4.83. The SMILES string of the molecule is CC(CC(=O)Nc1cccc(F)c1)c1ccc(N)cc1. The molecule has 20 heavy (non-hydrogen) atoms. The lowest BCUT2D eigenvalue weighted by Gasteiger charge is -2.12. The van der Waals surface area contributed by atoms with Crippen molar-refractivity contribution in [2.24, 2.45) is 0 Å². The molecule has 0 aliphatic rings. The van der Waals surface area contributed by atoms with Crippen LogP contribution in [0, 0.1) is 5.82 Å². The van der Waals surface area contributed by atoms with E-state index in [0.717, 1.165) is 5.56 Å². The average molecular weight is 272 g/mol. The number of hydrogen-bond donors (Lipinski definition) is 2. The summed E-state index contributed by atoms with van der Waals surface area (Å²) in [7, 11) is 0. The van der Waals surface area contributed by atoms with Gasteiger partial charge in [0.2, 0.25) is 5.91 Å². The molecule has 2 aromatic carbocycles. The molecule has 0 fully saturated rings. The number of benzene rings is 2. The standard InChI is InChI=1S/C16H17FN2O/c1-11(12-5-7-14(18)8-6-12)9-16(20)19-15-4-2-3-13(17)10-15/h2-8,10-11H,9,18H2,1H3,(H,19,20). The molecule has 2 aromatic rings. The molecular weight excluding hydrogens is 255 g/mol. The van der Waals surface area contributed by atoms with Crippen LogP contribution in [0.25, 0.3) is 0 Å². The summed E-state index contributed by atoms with van der Waals surface area (Å²) in [5, 5.41) is 2.69. The molecule has 0 aliphatic heterocycles. The van der Waals surface area contributed by atoms with Crippen molar-refractivity contribution in [2.75, 3.05) is 11.1 Å². The Morgan fingerprint density at radius 3 is 2.60 bits per heavy atom. The molecule has 0 spiro atoms. The zero-order chi connectivity index (χ0) is 14.5. The summed E-state index contributed by atoms with van der Waals surface area (Å²) in [6.45, 7) is 1.97. The number of carbonyl (C=O) groups is 1. The second-order valence-corrected chi connectivity index (χ2v) is 4.83. The molecule has 0 radical (unpaired) electrons. The van der Waals surface area contributed by atoms with Crippen LogP contribution in [-0.4, -0.2) is 5.91 Å². The number of nitrogens with one attached hydrogen (secondary N) is 1. The first-order valence-electron chi connectivity index (χ1n) is 6.45. The molecule has 1 atom stereocenters. The fourth-order valence-corrected chi connectivity index (χ4v) is 2.00. The number of hydrogen-bond acceptors (Lipinski definition) is 2. The van der Waals surface area contributed by atoms with E-state index in [1.54, 1.807) is 12.1 Å². The Morgan fingerprint density at radius 1 is 1.25 bits per heavy atom. The van der Waals surface area contributed by atoms with Crippen molar-refractivity contribution in [1.29, 1.82) is 0 Å². The minimum atomic E-state index is -0.366. The Kier molecular flexibility index (Phi) is 4.35. The zero-order valence-electron chi connectivity index (χ0n) is 11.3. The summed E-state index contributed by atoms with van der Waals surface area (Å²) in [4.78, 5) is 11.9. The first kappa shape index (κ1) is 14.1. The molecule has 0 aromatic heterocycles. The van der Waals surface area contributed by atoms with Crippen LogP contribution in [0.2, 0.25) is 0 Å². The third-order valence-electron chi connectivity index (χ3n) is 3.11. The van der Waals surface area contributed by atoms with E-state index in [4.69, 9.17) is 5.73 Å². The molecule has 0 saturated heterocycles. The molecule has 104 valence electrons. The number of carbonyl (C=O) groups excluding carboxylic acids is 1. The molecule has 4 heteroatoms. The lowest BCUT2D eigenvalue weighted by Crippen LogP contribution is -2.14. The van der Waals surface area contributed by atoms with Gasteiger partial charge < -0.3 is 11.1 Å². The van der Waals surface area contributed by atoms with E-state index in [2.05, 4.69) is 5.32 Å². The fraction of sp³-hybridized carbons (Fsp3) is 0.188. The number of rotatable bonds is 4. The van der Waals surface area contributed by atoms with Gasteiger partial charge in [-0.15, -0.1) is 0 Å². The van der Waals surface area contributed by atoms with Crippen molar-refractivity contribution >= 4 is 17.3 Å². The van der Waals surface area contributed by atoms with Gasteiger partial charge in [-0.25, -0.2) is 4.39 Å². The minimum absolute atomic E-state index is 0.0733. The molecule has 3 N–H and O–H groups in total. The molecule has 0 aliphatic carbocycles. The summed E-state index contributed by atoms with van der Waals surface area (Å²) in [5.74, 6) is -0.432. The first-order chi connectivity index (χ1) is 9.54. The Balaban J connectivity index is 1.95. The van der Waals surface area contributed by atoms with Crippen molar-refractivity contribution in [1.82, 2.24) is 0 Å². The van der Waals surface area contributed by atoms with E-state index in [1.165, 1.54) is 12.1 Å². The Bertz CT molecular complexity index is 596. The highest BCUT2D eigenvalue weighted by Crippen LogP contribution is 2.21. The van der Waals surface area contributed by atoms with E-state index < -0.39 is 0 Å². The highest BCUT2D eigenvalue weighted by molar-refractivity contribution is 5.91. The van der Waals surface area contributed by atoms with Crippen molar-refractivity contribution < 1.29 is 9.18 Å². The third-order valence-corrected chi connectivity index (χ3v) is 3.11. The zero-order valence-corrected chi connectivity index (χ0v) is 11.3. The molecule has 1 amide bonds. The molecule has 2 rings (SSSR count). The smallest absolute Gasteiger partial charge is 0.224 e. The topological polar surface area (TPSA) is 55.1 Å². The molecule has 0 saturated carbocycles. The van der Waals surface area contributed by atoms with Gasteiger partial charge in [0, 0.05) is 17.8 Å². The highest BCUT2D eigenvalue weighted by Gasteiger charge is 2.11. The summed E-state index contributed by atoms with van der Waals surface area (Å²) in [6, 6.07) is 13.3. The number of anilines is 2. The number of nitrogen functional groups attached to an aromatic ring is 1. The van der Waals surface area contributed by atoms with Crippen molar-refractivity contribution in [3.05, 3.63) is 59.9 Å². The van der Waals surface area contributed by atoms with E-state index >= 15 is 0 Å². The van der Waals surface area contributed by atoms with Gasteiger partial charge in [0.25, 0.3) is 0 Å². The summed E-state index contributed by atoms with van der Waals surface area (Å²) < 4.78 is 13.0. The molecule has 0 bridgehead atoms. The van der Waals surface area contributed by atoms with Crippen molar-refractivity contribution in [3.63, 3.8) is 0 Å². The maximum Gasteiger partial charge on any atom is 0.224 e. The number of halogens is 1. The van der Waals surface area contributed by atoms with Crippen LogP contribution in [0.1, 0.15) is 24.8 Å². The van der Waals surface area contributed by atoms with Crippen LogP contribution < -0.4 is 11.1 Å². The Hall–Kier alpha value is -2.36. The second kappa shape index (κ2) is 6.19. The van der Waals surface area contributed by atoms with E-state index in [1.807, 2.05) is 31.2 Å². The van der Waals surface area contributed by atoms with Crippen LogP contribution in [0.15, 0.2) is 48.5 Å². The summed E-state index contributed by atoms with van der Waals surface area (Å²) in [5.41, 5.74) is 7.85. The molecule has 1 unspecified atom stereocenters. The monoisotopic (exact) mass is 272 g/mol. The van der Waals surface area contributed by atoms with Crippen molar-refractivity contribution in [3.8, 4) is 0 Å². The molecular formula is C16H17FN2O. The third kappa shape index (κ3) is 3.82. The minimum Gasteiger partial charge on any atom is -0.399 e. The Morgan fingerprint density at radius 2 is 1.95 bits per heavy atom. The van der Waals surface area contributed by atoms with E-state index in [0.29, 0.717) is 17.8 Å². The van der Waals surface area contributed by atoms with Crippen LogP contribution in [-0.2, 0) is 4.79 Å². The van der Waals surface area contributed by atoms with Gasteiger partial charge in [0.05, 0.1) is 0 Å². The van der Waals surface area contributed by atoms with Crippen LogP contribution in [0.3, 0.4) is 0 Å². The predicted molar refractivity (Wildman–Crippen MR) is 78.9 cm³/mol. The van der Waals surface area contributed by atoms with Gasteiger partial charge in [0.1, 0.15) is 5.82 Å². The molecule has 0 heterocycles. The lowest BCUT2D eigenvalue weighted by atomic mass is 9.97. The largest absolute Gasteiger partial charge is 0.399 e. The van der Waals surface area contributed by atoms with Crippen LogP contribution >= 0.6 is 0 Å².